The zero-order valence-electron chi connectivity index (χ0n) is 9.61. The van der Waals surface area contributed by atoms with Gasteiger partial charge in [-0.05, 0) is 23.8 Å². The van der Waals surface area contributed by atoms with E-state index in [2.05, 4.69) is 15.9 Å². The van der Waals surface area contributed by atoms with E-state index in [0.717, 1.165) is 6.08 Å². The second-order valence-electron chi connectivity index (χ2n) is 3.65. The Morgan fingerprint density at radius 3 is 2.72 bits per heavy atom. The molecule has 0 heterocycles. The van der Waals surface area contributed by atoms with Crippen molar-refractivity contribution < 1.29 is 18.7 Å². The Morgan fingerprint density at radius 2 is 2.22 bits per heavy atom. The molecule has 0 radical (unpaired) electrons. The molecule has 0 spiro atoms. The van der Waals surface area contributed by atoms with Gasteiger partial charge in [-0.2, -0.15) is 0 Å². The zero-order chi connectivity index (χ0) is 13.7. The molecule has 0 amide bonds. The Bertz CT molecular complexity index is 463. The highest BCUT2D eigenvalue weighted by Crippen LogP contribution is 2.25. The molecular weight excluding hydrogens is 308 g/mol. The lowest BCUT2D eigenvalue weighted by molar-refractivity contribution is -0.131. The Kier molecular flexibility index (Phi) is 5.27. The van der Waals surface area contributed by atoms with Crippen LogP contribution in [0.3, 0.4) is 0 Å². The number of carboxylic acid groups (broad SMARTS) is 1. The van der Waals surface area contributed by atoms with Crippen LogP contribution in [0.5, 0.6) is 0 Å². The minimum absolute atomic E-state index is 0.350. The van der Waals surface area contributed by atoms with Gasteiger partial charge in [-0.1, -0.05) is 22.0 Å². The van der Waals surface area contributed by atoms with Crippen LogP contribution in [0.15, 0.2) is 28.7 Å². The van der Waals surface area contributed by atoms with Crippen molar-refractivity contribution in [3.8, 4) is 0 Å². The number of nitrogens with zero attached hydrogens (tertiary/aromatic N) is 1. The van der Waals surface area contributed by atoms with Gasteiger partial charge in [0.25, 0.3) is 6.43 Å². The van der Waals surface area contributed by atoms with E-state index in [0.29, 0.717) is 15.7 Å². The summed E-state index contributed by atoms with van der Waals surface area (Å²) in [6, 6.07) is 5.00. The second-order valence-corrected chi connectivity index (χ2v) is 4.50. The van der Waals surface area contributed by atoms with Crippen molar-refractivity contribution in [3.63, 3.8) is 0 Å². The molecule has 6 heteroatoms. The van der Waals surface area contributed by atoms with Crippen molar-refractivity contribution in [2.75, 3.05) is 18.5 Å². The predicted molar refractivity (Wildman–Crippen MR) is 70.1 cm³/mol. The molecule has 18 heavy (non-hydrogen) atoms. The van der Waals surface area contributed by atoms with Crippen molar-refractivity contribution in [1.82, 2.24) is 0 Å². The van der Waals surface area contributed by atoms with Crippen molar-refractivity contribution in [2.24, 2.45) is 0 Å². The Labute approximate surface area is 112 Å². The molecule has 0 aliphatic heterocycles. The topological polar surface area (TPSA) is 40.5 Å². The lowest BCUT2D eigenvalue weighted by Gasteiger charge is -2.19. The van der Waals surface area contributed by atoms with Gasteiger partial charge in [-0.25, -0.2) is 13.6 Å². The SMILES string of the molecule is CN(CC(F)F)c1ccc(/C=C/C(=O)O)c(Br)c1. The molecule has 0 atom stereocenters. The average molecular weight is 320 g/mol. The summed E-state index contributed by atoms with van der Waals surface area (Å²) in [4.78, 5) is 11.8. The molecule has 1 rings (SSSR count). The molecule has 0 bridgehead atoms. The Morgan fingerprint density at radius 1 is 1.56 bits per heavy atom. The van der Waals surface area contributed by atoms with Crippen LogP contribution in [0.1, 0.15) is 5.56 Å². The molecule has 0 fully saturated rings. The molecule has 0 unspecified atom stereocenters. The first-order chi connectivity index (χ1) is 8.40. The zero-order valence-corrected chi connectivity index (χ0v) is 11.2. The molecule has 1 aromatic rings. The van der Waals surface area contributed by atoms with Crippen LogP contribution in [0, 0.1) is 0 Å². The number of aliphatic carboxylic acids is 1. The fourth-order valence-corrected chi connectivity index (χ4v) is 1.86. The summed E-state index contributed by atoms with van der Waals surface area (Å²) in [6.07, 6.45) is 0.0479. The summed E-state index contributed by atoms with van der Waals surface area (Å²) in [7, 11) is 1.57. The van der Waals surface area contributed by atoms with Crippen LogP contribution in [0.25, 0.3) is 6.08 Å². The standard InChI is InChI=1S/C12H12BrF2NO2/c1-16(7-11(14)15)9-4-2-8(10(13)6-9)3-5-12(17)18/h2-6,11H,7H2,1H3,(H,17,18)/b5-3+. The first kappa shape index (κ1) is 14.6. The molecule has 3 nitrogen and oxygen atoms in total. The monoisotopic (exact) mass is 319 g/mol. The fourth-order valence-electron chi connectivity index (χ4n) is 1.36. The van der Waals surface area contributed by atoms with Gasteiger partial charge in [0, 0.05) is 23.3 Å². The maximum Gasteiger partial charge on any atom is 0.328 e. The summed E-state index contributed by atoms with van der Waals surface area (Å²) < 4.78 is 25.1. The highest BCUT2D eigenvalue weighted by molar-refractivity contribution is 9.10. The van der Waals surface area contributed by atoms with E-state index in [9.17, 15) is 13.6 Å². The van der Waals surface area contributed by atoms with Gasteiger partial charge in [0.1, 0.15) is 0 Å². The number of rotatable bonds is 5. The van der Waals surface area contributed by atoms with Gasteiger partial charge in [-0.15, -0.1) is 0 Å². The number of benzene rings is 1. The number of hydrogen-bond donors (Lipinski definition) is 1. The number of hydrogen-bond acceptors (Lipinski definition) is 2. The third-order valence-corrected chi connectivity index (χ3v) is 2.93. The first-order valence-corrected chi connectivity index (χ1v) is 5.89. The smallest absolute Gasteiger partial charge is 0.328 e. The van der Waals surface area contributed by atoms with Gasteiger partial charge in [0.2, 0.25) is 0 Å². The van der Waals surface area contributed by atoms with Crippen LogP contribution in [-0.2, 0) is 4.79 Å². The molecule has 1 aromatic carbocycles. The summed E-state index contributed by atoms with van der Waals surface area (Å²) in [5, 5.41) is 8.51. The number of carbonyl (C=O) groups is 1. The molecule has 1 N–H and O–H groups in total. The number of alkyl halides is 2. The van der Waals surface area contributed by atoms with E-state index in [1.807, 2.05) is 0 Å². The highest BCUT2D eigenvalue weighted by Gasteiger charge is 2.09. The van der Waals surface area contributed by atoms with Crippen LogP contribution in [-0.4, -0.2) is 31.1 Å². The summed E-state index contributed by atoms with van der Waals surface area (Å²) >= 11 is 3.27. The fraction of sp³-hybridized carbons (Fsp3) is 0.250. The molecule has 98 valence electrons. The third-order valence-electron chi connectivity index (χ3n) is 2.24. The number of halogens is 3. The summed E-state index contributed by atoms with van der Waals surface area (Å²) in [5.41, 5.74) is 1.31. The largest absolute Gasteiger partial charge is 0.478 e. The number of carboxylic acids is 1. The van der Waals surface area contributed by atoms with Gasteiger partial charge >= 0.3 is 5.97 Å². The molecule has 0 saturated carbocycles. The lowest BCUT2D eigenvalue weighted by Crippen LogP contribution is -2.23. The minimum atomic E-state index is -2.40. The Hall–Kier alpha value is -1.43. The summed E-state index contributed by atoms with van der Waals surface area (Å²) in [5.74, 6) is -1.04. The molecule has 0 aliphatic carbocycles. The summed E-state index contributed by atoms with van der Waals surface area (Å²) in [6.45, 7) is -0.350. The van der Waals surface area contributed by atoms with Crippen molar-refractivity contribution in [1.29, 1.82) is 0 Å². The molecule has 0 aliphatic rings. The van der Waals surface area contributed by atoms with Crippen molar-refractivity contribution in [2.45, 2.75) is 6.43 Å². The number of anilines is 1. The van der Waals surface area contributed by atoms with Gasteiger partial charge in [0.05, 0.1) is 6.54 Å². The van der Waals surface area contributed by atoms with Crippen molar-refractivity contribution in [3.05, 3.63) is 34.3 Å². The van der Waals surface area contributed by atoms with E-state index >= 15 is 0 Å². The third kappa shape index (κ3) is 4.44. The highest BCUT2D eigenvalue weighted by atomic mass is 79.9. The lowest BCUT2D eigenvalue weighted by atomic mass is 10.2. The van der Waals surface area contributed by atoms with Gasteiger partial charge in [0.15, 0.2) is 0 Å². The van der Waals surface area contributed by atoms with Crippen LogP contribution in [0.2, 0.25) is 0 Å². The minimum Gasteiger partial charge on any atom is -0.478 e. The molecule has 0 aromatic heterocycles. The maximum atomic E-state index is 12.2. The maximum absolute atomic E-state index is 12.2. The van der Waals surface area contributed by atoms with E-state index in [-0.39, 0.29) is 6.54 Å². The van der Waals surface area contributed by atoms with Gasteiger partial charge in [-0.3, -0.25) is 0 Å². The first-order valence-electron chi connectivity index (χ1n) is 5.10. The van der Waals surface area contributed by atoms with E-state index < -0.39 is 12.4 Å². The Balaban J connectivity index is 2.88. The predicted octanol–water partition coefficient (Wildman–Crippen LogP) is 3.25. The average Bonchev–Trinajstić information content (AvgIpc) is 2.26. The normalized spacial score (nSPS) is 11.2. The molecular formula is C12H12BrF2NO2. The van der Waals surface area contributed by atoms with Crippen LogP contribution >= 0.6 is 15.9 Å². The second kappa shape index (κ2) is 6.49. The van der Waals surface area contributed by atoms with Crippen LogP contribution < -0.4 is 4.90 Å². The van der Waals surface area contributed by atoms with Gasteiger partial charge < -0.3 is 10.0 Å². The van der Waals surface area contributed by atoms with E-state index in [1.165, 1.54) is 11.0 Å². The van der Waals surface area contributed by atoms with E-state index in [4.69, 9.17) is 5.11 Å². The van der Waals surface area contributed by atoms with Crippen molar-refractivity contribution >= 4 is 33.7 Å². The quantitative estimate of drug-likeness (QED) is 0.847. The van der Waals surface area contributed by atoms with E-state index in [1.54, 1.807) is 25.2 Å². The van der Waals surface area contributed by atoms with Crippen LogP contribution in [0.4, 0.5) is 14.5 Å². The molecule has 0 saturated heterocycles.